The van der Waals surface area contributed by atoms with Crippen LogP contribution in [-0.2, 0) is 4.79 Å². The molecule has 0 saturated carbocycles. The molecule has 0 aromatic heterocycles. The average Bonchev–Trinajstić information content (AvgIpc) is 2.24. The zero-order chi connectivity index (χ0) is 12.0. The number of benzene rings is 1. The zero-order valence-corrected chi connectivity index (χ0v) is 11.4. The highest BCUT2D eigenvalue weighted by molar-refractivity contribution is 9.10. The third-order valence-corrected chi connectivity index (χ3v) is 3.21. The summed E-state index contributed by atoms with van der Waals surface area (Å²) in [5.41, 5.74) is 0.914. The largest absolute Gasteiger partial charge is 0.384 e. The van der Waals surface area contributed by atoms with Gasteiger partial charge in [0.1, 0.15) is 0 Å². The van der Waals surface area contributed by atoms with Crippen LogP contribution in [0.1, 0.15) is 13.3 Å². The average molecular weight is 306 g/mol. The van der Waals surface area contributed by atoms with E-state index < -0.39 is 0 Å². The van der Waals surface area contributed by atoms with E-state index in [1.165, 1.54) is 0 Å². The van der Waals surface area contributed by atoms with Gasteiger partial charge < -0.3 is 10.6 Å². The molecule has 16 heavy (non-hydrogen) atoms. The van der Waals surface area contributed by atoms with Gasteiger partial charge in [0, 0.05) is 29.7 Å². The Labute approximate surface area is 109 Å². The van der Waals surface area contributed by atoms with Crippen molar-refractivity contribution in [2.24, 2.45) is 0 Å². The van der Waals surface area contributed by atoms with Crippen molar-refractivity contribution in [3.8, 4) is 0 Å². The molecule has 0 atom stereocenters. The first kappa shape index (κ1) is 13.3. The second-order valence-electron chi connectivity index (χ2n) is 3.26. The summed E-state index contributed by atoms with van der Waals surface area (Å²) < 4.78 is 0.864. The van der Waals surface area contributed by atoms with Crippen molar-refractivity contribution in [1.82, 2.24) is 5.32 Å². The maximum absolute atomic E-state index is 11.2. The highest BCUT2D eigenvalue weighted by Gasteiger charge is 2.01. The van der Waals surface area contributed by atoms with Gasteiger partial charge in [0.15, 0.2) is 0 Å². The summed E-state index contributed by atoms with van der Waals surface area (Å²) in [4.78, 5) is 11.2. The minimum atomic E-state index is 0.0539. The van der Waals surface area contributed by atoms with E-state index in [0.29, 0.717) is 24.5 Å². The molecule has 3 nitrogen and oxygen atoms in total. The number of hydrogen-bond donors (Lipinski definition) is 2. The molecule has 1 amide bonds. The number of carbonyl (C=O) groups excluding carboxylic acids is 1. The molecule has 2 N–H and O–H groups in total. The van der Waals surface area contributed by atoms with Crippen LogP contribution in [-0.4, -0.2) is 19.0 Å². The molecule has 0 aliphatic carbocycles. The topological polar surface area (TPSA) is 41.1 Å². The second-order valence-corrected chi connectivity index (χ2v) is 4.52. The monoisotopic (exact) mass is 304 g/mol. The Bertz CT molecular complexity index is 371. The van der Waals surface area contributed by atoms with Crippen molar-refractivity contribution in [2.75, 3.05) is 18.4 Å². The maximum atomic E-state index is 11.2. The van der Waals surface area contributed by atoms with E-state index in [1.54, 1.807) is 0 Å². The number of carbonyl (C=O) groups is 1. The standard InChI is InChI=1S/C11H14BrClN2O/c1-2-14-11(16)5-6-15-8-3-4-9(12)10(13)7-8/h3-4,7,15H,2,5-6H2,1H3,(H,14,16). The zero-order valence-electron chi connectivity index (χ0n) is 9.02. The molecule has 5 heteroatoms. The SMILES string of the molecule is CCNC(=O)CCNc1ccc(Br)c(Cl)c1. The molecule has 0 radical (unpaired) electrons. The van der Waals surface area contributed by atoms with Crippen molar-refractivity contribution in [1.29, 1.82) is 0 Å². The number of anilines is 1. The number of nitrogens with one attached hydrogen (secondary N) is 2. The number of rotatable bonds is 5. The summed E-state index contributed by atoms with van der Waals surface area (Å²) in [7, 11) is 0. The van der Waals surface area contributed by atoms with E-state index in [-0.39, 0.29) is 5.91 Å². The van der Waals surface area contributed by atoms with Gasteiger partial charge >= 0.3 is 0 Å². The molecule has 0 aliphatic heterocycles. The van der Waals surface area contributed by atoms with E-state index in [9.17, 15) is 4.79 Å². The van der Waals surface area contributed by atoms with Gasteiger partial charge in [0.05, 0.1) is 5.02 Å². The molecule has 0 bridgehead atoms. The summed E-state index contributed by atoms with van der Waals surface area (Å²) in [6.45, 7) is 3.17. The lowest BCUT2D eigenvalue weighted by Gasteiger charge is -2.07. The first-order chi connectivity index (χ1) is 7.63. The van der Waals surface area contributed by atoms with Gasteiger partial charge in [-0.2, -0.15) is 0 Å². The lowest BCUT2D eigenvalue weighted by molar-refractivity contribution is -0.120. The minimum absolute atomic E-state index is 0.0539. The quantitative estimate of drug-likeness (QED) is 0.878. The lowest BCUT2D eigenvalue weighted by Crippen LogP contribution is -2.24. The van der Waals surface area contributed by atoms with Crippen LogP contribution < -0.4 is 10.6 Å². The second kappa shape index (κ2) is 6.76. The van der Waals surface area contributed by atoms with Crippen molar-refractivity contribution in [2.45, 2.75) is 13.3 Å². The van der Waals surface area contributed by atoms with Crippen LogP contribution in [0.4, 0.5) is 5.69 Å². The first-order valence-corrected chi connectivity index (χ1v) is 6.26. The molecule has 0 unspecified atom stereocenters. The Morgan fingerprint density at radius 3 is 2.88 bits per heavy atom. The van der Waals surface area contributed by atoms with Crippen LogP contribution in [0, 0.1) is 0 Å². The summed E-state index contributed by atoms with van der Waals surface area (Å²) in [6, 6.07) is 5.60. The minimum Gasteiger partial charge on any atom is -0.384 e. The predicted octanol–water partition coefficient (Wildman–Crippen LogP) is 3.04. The fourth-order valence-electron chi connectivity index (χ4n) is 1.21. The normalized spacial score (nSPS) is 9.94. The van der Waals surface area contributed by atoms with Crippen LogP contribution in [0.5, 0.6) is 0 Å². The van der Waals surface area contributed by atoms with Gasteiger partial charge in [0.2, 0.25) is 5.91 Å². The third-order valence-electron chi connectivity index (χ3n) is 1.97. The summed E-state index contributed by atoms with van der Waals surface area (Å²) >= 11 is 9.26. The number of amides is 1. The lowest BCUT2D eigenvalue weighted by atomic mass is 10.3. The van der Waals surface area contributed by atoms with Crippen molar-refractivity contribution in [3.63, 3.8) is 0 Å². The van der Waals surface area contributed by atoms with Gasteiger partial charge in [-0.1, -0.05) is 11.6 Å². The molecular weight excluding hydrogens is 291 g/mol. The fourth-order valence-corrected chi connectivity index (χ4v) is 1.64. The van der Waals surface area contributed by atoms with Crippen LogP contribution in [0.25, 0.3) is 0 Å². The summed E-state index contributed by atoms with van der Waals surface area (Å²) in [5, 5.41) is 6.53. The molecule has 1 aromatic carbocycles. The van der Waals surface area contributed by atoms with Crippen molar-refractivity contribution < 1.29 is 4.79 Å². The highest BCUT2D eigenvalue weighted by Crippen LogP contribution is 2.25. The Morgan fingerprint density at radius 1 is 1.50 bits per heavy atom. The highest BCUT2D eigenvalue weighted by atomic mass is 79.9. The van der Waals surface area contributed by atoms with E-state index in [4.69, 9.17) is 11.6 Å². The van der Waals surface area contributed by atoms with Crippen LogP contribution in [0.3, 0.4) is 0 Å². The number of halogens is 2. The van der Waals surface area contributed by atoms with Gasteiger partial charge in [-0.3, -0.25) is 4.79 Å². The summed E-state index contributed by atoms with van der Waals surface area (Å²) in [6.07, 6.45) is 0.460. The van der Waals surface area contributed by atoms with E-state index >= 15 is 0 Å². The number of hydrogen-bond acceptors (Lipinski definition) is 2. The maximum Gasteiger partial charge on any atom is 0.221 e. The van der Waals surface area contributed by atoms with Gasteiger partial charge in [-0.15, -0.1) is 0 Å². The van der Waals surface area contributed by atoms with E-state index in [2.05, 4.69) is 26.6 Å². The predicted molar refractivity (Wildman–Crippen MR) is 70.9 cm³/mol. The molecule has 1 rings (SSSR count). The van der Waals surface area contributed by atoms with Crippen molar-refractivity contribution in [3.05, 3.63) is 27.7 Å². The molecule has 88 valence electrons. The smallest absolute Gasteiger partial charge is 0.221 e. The van der Waals surface area contributed by atoms with E-state index in [0.717, 1.165) is 10.2 Å². The first-order valence-electron chi connectivity index (χ1n) is 5.09. The van der Waals surface area contributed by atoms with Crippen molar-refractivity contribution >= 4 is 39.1 Å². The van der Waals surface area contributed by atoms with Crippen LogP contribution >= 0.6 is 27.5 Å². The molecule has 0 spiro atoms. The third kappa shape index (κ3) is 4.41. The van der Waals surface area contributed by atoms with Gasteiger partial charge in [0.25, 0.3) is 0 Å². The molecule has 0 heterocycles. The molecule has 0 aliphatic rings. The molecule has 0 fully saturated rings. The van der Waals surface area contributed by atoms with E-state index in [1.807, 2.05) is 25.1 Å². The van der Waals surface area contributed by atoms with Gasteiger partial charge in [-0.25, -0.2) is 0 Å². The molecule has 1 aromatic rings. The summed E-state index contributed by atoms with van der Waals surface area (Å²) in [5.74, 6) is 0.0539. The molecule has 0 saturated heterocycles. The Morgan fingerprint density at radius 2 is 2.25 bits per heavy atom. The Balaban J connectivity index is 2.37. The fraction of sp³-hybridized carbons (Fsp3) is 0.364. The Hall–Kier alpha value is -0.740. The van der Waals surface area contributed by atoms with Crippen LogP contribution in [0.2, 0.25) is 5.02 Å². The molecular formula is C11H14BrClN2O. The van der Waals surface area contributed by atoms with Crippen LogP contribution in [0.15, 0.2) is 22.7 Å². The Kier molecular flexibility index (Phi) is 5.63. The van der Waals surface area contributed by atoms with Gasteiger partial charge in [-0.05, 0) is 41.1 Å².